The second-order valence-corrected chi connectivity index (χ2v) is 7.19. The largest absolute Gasteiger partial charge is 0.476 e. The standard InChI is InChI=1S/C21H27BN2O5/c1-15(2)19(23)20(25)24(21(26)29-14-17-11-7-4-8-12-17)18(22(27)28)13-16-9-5-3-6-10-16/h3-12,15,18-19,27-28H,13-14,23H2,1-2H3/t18?,19-/m0/s1. The number of benzene rings is 2. The Kier molecular flexibility index (Phi) is 8.39. The molecule has 0 radical (unpaired) electrons. The van der Waals surface area contributed by atoms with Crippen molar-refractivity contribution in [2.75, 3.05) is 0 Å². The number of nitrogens with zero attached hydrogens (tertiary/aromatic N) is 1. The Morgan fingerprint density at radius 2 is 1.52 bits per heavy atom. The van der Waals surface area contributed by atoms with Crippen LogP contribution in [0.2, 0.25) is 0 Å². The van der Waals surface area contributed by atoms with Crippen LogP contribution in [0.3, 0.4) is 0 Å². The summed E-state index contributed by atoms with van der Waals surface area (Å²) in [5.74, 6) is -2.20. The zero-order valence-corrected chi connectivity index (χ0v) is 16.6. The molecule has 0 bridgehead atoms. The van der Waals surface area contributed by atoms with Crippen molar-refractivity contribution in [3.63, 3.8) is 0 Å². The summed E-state index contributed by atoms with van der Waals surface area (Å²) >= 11 is 0. The number of hydrogen-bond acceptors (Lipinski definition) is 6. The summed E-state index contributed by atoms with van der Waals surface area (Å²) in [5, 5.41) is 19.9. The van der Waals surface area contributed by atoms with Gasteiger partial charge in [0.2, 0.25) is 5.91 Å². The van der Waals surface area contributed by atoms with Crippen molar-refractivity contribution in [2.45, 2.75) is 38.9 Å². The lowest BCUT2D eigenvalue weighted by atomic mass is 9.74. The molecule has 0 aliphatic rings. The molecule has 0 saturated heterocycles. The predicted molar refractivity (Wildman–Crippen MR) is 110 cm³/mol. The van der Waals surface area contributed by atoms with Gasteiger partial charge in [-0.15, -0.1) is 0 Å². The van der Waals surface area contributed by atoms with Gasteiger partial charge < -0.3 is 20.5 Å². The van der Waals surface area contributed by atoms with Crippen LogP contribution in [-0.4, -0.2) is 46.0 Å². The van der Waals surface area contributed by atoms with Crippen LogP contribution in [0.1, 0.15) is 25.0 Å². The number of nitrogens with two attached hydrogens (primary N) is 1. The zero-order chi connectivity index (χ0) is 21.4. The molecule has 154 valence electrons. The molecule has 2 atom stereocenters. The molecule has 0 spiro atoms. The zero-order valence-electron chi connectivity index (χ0n) is 16.6. The number of carbonyl (C=O) groups is 2. The van der Waals surface area contributed by atoms with E-state index in [0.29, 0.717) is 0 Å². The van der Waals surface area contributed by atoms with Crippen LogP contribution in [-0.2, 0) is 22.6 Å². The fourth-order valence-corrected chi connectivity index (χ4v) is 2.81. The first-order valence-electron chi connectivity index (χ1n) is 9.50. The molecule has 0 saturated carbocycles. The van der Waals surface area contributed by atoms with E-state index < -0.39 is 31.1 Å². The van der Waals surface area contributed by atoms with Gasteiger partial charge >= 0.3 is 13.2 Å². The van der Waals surface area contributed by atoms with E-state index in [2.05, 4.69) is 0 Å². The lowest BCUT2D eigenvalue weighted by molar-refractivity contribution is -0.133. The fraction of sp³-hybridized carbons (Fsp3) is 0.333. The van der Waals surface area contributed by atoms with Gasteiger partial charge in [0.15, 0.2) is 0 Å². The number of hydrogen-bond donors (Lipinski definition) is 3. The lowest BCUT2D eigenvalue weighted by Gasteiger charge is -2.31. The summed E-state index contributed by atoms with van der Waals surface area (Å²) in [7, 11) is -1.96. The van der Waals surface area contributed by atoms with Crippen molar-refractivity contribution in [1.29, 1.82) is 0 Å². The molecule has 0 fully saturated rings. The summed E-state index contributed by atoms with van der Waals surface area (Å²) in [5.41, 5.74) is 7.45. The van der Waals surface area contributed by atoms with Crippen molar-refractivity contribution in [3.8, 4) is 0 Å². The van der Waals surface area contributed by atoms with Gasteiger partial charge in [-0.3, -0.25) is 4.79 Å². The topological polar surface area (TPSA) is 113 Å². The maximum Gasteiger partial charge on any atom is 0.476 e. The molecule has 0 aliphatic carbocycles. The summed E-state index contributed by atoms with van der Waals surface area (Å²) < 4.78 is 5.30. The summed E-state index contributed by atoms with van der Waals surface area (Å²) in [4.78, 5) is 26.5. The van der Waals surface area contributed by atoms with Crippen molar-refractivity contribution < 1.29 is 24.4 Å². The minimum atomic E-state index is -1.96. The van der Waals surface area contributed by atoms with Crippen LogP contribution in [0.25, 0.3) is 0 Å². The molecule has 4 N–H and O–H groups in total. The van der Waals surface area contributed by atoms with E-state index in [-0.39, 0.29) is 18.9 Å². The highest BCUT2D eigenvalue weighted by molar-refractivity contribution is 6.44. The molecule has 0 aromatic heterocycles. The number of rotatable bonds is 8. The van der Waals surface area contributed by atoms with E-state index in [9.17, 15) is 19.6 Å². The maximum absolute atomic E-state index is 13.0. The lowest BCUT2D eigenvalue weighted by Crippen LogP contribution is -2.58. The Hall–Kier alpha value is -2.68. The first-order valence-corrected chi connectivity index (χ1v) is 9.50. The second kappa shape index (κ2) is 10.8. The number of imide groups is 1. The van der Waals surface area contributed by atoms with Crippen molar-refractivity contribution in [2.24, 2.45) is 11.7 Å². The van der Waals surface area contributed by atoms with E-state index in [1.165, 1.54) is 0 Å². The average molecular weight is 398 g/mol. The third-order valence-corrected chi connectivity index (χ3v) is 4.61. The summed E-state index contributed by atoms with van der Waals surface area (Å²) in [6.45, 7) is 3.44. The monoisotopic (exact) mass is 398 g/mol. The van der Waals surface area contributed by atoms with Crippen LogP contribution in [0.15, 0.2) is 60.7 Å². The van der Waals surface area contributed by atoms with Gasteiger partial charge in [0.05, 0.1) is 12.0 Å². The van der Waals surface area contributed by atoms with E-state index in [0.717, 1.165) is 16.0 Å². The van der Waals surface area contributed by atoms with Crippen LogP contribution < -0.4 is 5.73 Å². The van der Waals surface area contributed by atoms with Gasteiger partial charge in [0, 0.05) is 0 Å². The van der Waals surface area contributed by atoms with Gasteiger partial charge in [-0.05, 0) is 23.5 Å². The smallest absolute Gasteiger partial charge is 0.444 e. The Bertz CT molecular complexity index is 786. The van der Waals surface area contributed by atoms with Crippen molar-refractivity contribution in [3.05, 3.63) is 71.8 Å². The Labute approximate surface area is 171 Å². The van der Waals surface area contributed by atoms with E-state index >= 15 is 0 Å². The van der Waals surface area contributed by atoms with Crippen LogP contribution in [0.4, 0.5) is 4.79 Å². The highest BCUT2D eigenvalue weighted by Crippen LogP contribution is 2.16. The Morgan fingerprint density at radius 1 is 1.00 bits per heavy atom. The van der Waals surface area contributed by atoms with Gasteiger partial charge in [0.1, 0.15) is 6.61 Å². The van der Waals surface area contributed by atoms with Gasteiger partial charge in [-0.25, -0.2) is 9.69 Å². The Balaban J connectivity index is 2.28. The van der Waals surface area contributed by atoms with Crippen LogP contribution >= 0.6 is 0 Å². The molecule has 2 rings (SSSR count). The highest BCUT2D eigenvalue weighted by Gasteiger charge is 2.41. The highest BCUT2D eigenvalue weighted by atomic mass is 16.6. The summed E-state index contributed by atoms with van der Waals surface area (Å²) in [6, 6.07) is 16.9. The van der Waals surface area contributed by atoms with Crippen LogP contribution in [0.5, 0.6) is 0 Å². The number of ether oxygens (including phenoxy) is 1. The Morgan fingerprint density at radius 3 is 2.00 bits per heavy atom. The molecular formula is C21H27BN2O5. The van der Waals surface area contributed by atoms with Gasteiger partial charge in [-0.2, -0.15) is 0 Å². The molecule has 0 aliphatic heterocycles. The molecule has 2 aromatic rings. The molecule has 2 aromatic carbocycles. The van der Waals surface area contributed by atoms with Crippen molar-refractivity contribution >= 4 is 19.1 Å². The van der Waals surface area contributed by atoms with E-state index in [4.69, 9.17) is 10.5 Å². The summed E-state index contributed by atoms with van der Waals surface area (Å²) in [6.07, 6.45) is -0.917. The molecule has 29 heavy (non-hydrogen) atoms. The normalized spacial score (nSPS) is 12.9. The third kappa shape index (κ3) is 6.42. The molecular weight excluding hydrogens is 371 g/mol. The molecule has 1 unspecified atom stereocenters. The fourth-order valence-electron chi connectivity index (χ4n) is 2.81. The number of carbonyl (C=O) groups excluding carboxylic acids is 2. The molecule has 7 nitrogen and oxygen atoms in total. The number of amides is 2. The minimum absolute atomic E-state index is 0.0511. The first kappa shape index (κ1) is 22.6. The predicted octanol–water partition coefficient (Wildman–Crippen LogP) is 1.76. The second-order valence-electron chi connectivity index (χ2n) is 7.19. The van der Waals surface area contributed by atoms with E-state index in [1.807, 2.05) is 12.1 Å². The molecule has 2 amide bonds. The van der Waals surface area contributed by atoms with Crippen LogP contribution in [0, 0.1) is 5.92 Å². The van der Waals surface area contributed by atoms with Gasteiger partial charge in [-0.1, -0.05) is 74.5 Å². The SMILES string of the molecule is CC(C)[C@H](N)C(=O)N(C(=O)OCc1ccccc1)C(Cc1ccccc1)B(O)O. The quantitative estimate of drug-likeness (QED) is 0.584. The average Bonchev–Trinajstić information content (AvgIpc) is 2.72. The first-order chi connectivity index (χ1) is 13.8. The van der Waals surface area contributed by atoms with Gasteiger partial charge in [0.25, 0.3) is 0 Å². The van der Waals surface area contributed by atoms with E-state index in [1.54, 1.807) is 62.4 Å². The third-order valence-electron chi connectivity index (χ3n) is 4.61. The molecule has 0 heterocycles. The van der Waals surface area contributed by atoms with Crippen molar-refractivity contribution in [1.82, 2.24) is 4.90 Å². The maximum atomic E-state index is 13.0. The molecule has 8 heteroatoms. The minimum Gasteiger partial charge on any atom is -0.444 e.